The van der Waals surface area contributed by atoms with Crippen molar-refractivity contribution in [3.8, 4) is 6.07 Å². The summed E-state index contributed by atoms with van der Waals surface area (Å²) in [5, 5.41) is 16.7. The fourth-order valence-electron chi connectivity index (χ4n) is 6.57. The number of amides is 2. The molecule has 1 atom stereocenters. The van der Waals surface area contributed by atoms with Crippen LogP contribution in [0, 0.1) is 17.1 Å². The standard InChI is InChI=1S/C39H36F7N5O5/c40-32-12-9-24(19-33-28-6-3-4-7-29(28)36(54)49-48-33)18-30(32)37(55)51-15-13-50(14-16-51)34(52)8-2-1-5-17-56-35(53)21-27(22-38(41,42)43)25-10-11-26(23-47)31(20-25)39(44,45)46/h3-4,6-7,9-12,18,20,27H,1-2,5,8,13-17,19,21-22H2,(H,49,54). The predicted molar refractivity (Wildman–Crippen MR) is 188 cm³/mol. The Morgan fingerprint density at radius 1 is 0.893 bits per heavy atom. The third-order valence-electron chi connectivity index (χ3n) is 9.46. The van der Waals surface area contributed by atoms with Crippen molar-refractivity contribution in [2.45, 2.75) is 63.2 Å². The molecule has 296 valence electrons. The van der Waals surface area contributed by atoms with Crippen molar-refractivity contribution in [3.63, 3.8) is 0 Å². The first-order valence-electron chi connectivity index (χ1n) is 17.7. The van der Waals surface area contributed by atoms with Crippen LogP contribution in [0.15, 0.2) is 65.5 Å². The van der Waals surface area contributed by atoms with E-state index in [4.69, 9.17) is 10.00 Å². The summed E-state index contributed by atoms with van der Waals surface area (Å²) < 4.78 is 99.9. The number of halogens is 7. The number of hydrogen-bond acceptors (Lipinski definition) is 7. The zero-order valence-corrected chi connectivity index (χ0v) is 29.8. The van der Waals surface area contributed by atoms with Crippen LogP contribution >= 0.6 is 0 Å². The molecule has 1 aliphatic rings. The highest BCUT2D eigenvalue weighted by Crippen LogP contribution is 2.38. The number of aromatic amines is 1. The molecule has 1 aromatic heterocycles. The highest BCUT2D eigenvalue weighted by atomic mass is 19.4. The van der Waals surface area contributed by atoms with Gasteiger partial charge in [-0.1, -0.05) is 30.3 Å². The summed E-state index contributed by atoms with van der Waals surface area (Å²) in [6.07, 6.45) is -10.7. The van der Waals surface area contributed by atoms with Crippen LogP contribution in [0.4, 0.5) is 30.7 Å². The molecule has 10 nitrogen and oxygen atoms in total. The fourth-order valence-corrected chi connectivity index (χ4v) is 6.57. The number of fused-ring (bicyclic) bond motifs is 1. The van der Waals surface area contributed by atoms with Crippen molar-refractivity contribution in [1.82, 2.24) is 20.0 Å². The third-order valence-corrected chi connectivity index (χ3v) is 9.46. The number of ether oxygens (including phenoxy) is 1. The third kappa shape index (κ3) is 10.7. The number of rotatable bonds is 13. The van der Waals surface area contributed by atoms with E-state index in [1.807, 2.05) is 0 Å². The minimum Gasteiger partial charge on any atom is -0.466 e. The molecule has 1 saturated heterocycles. The molecule has 0 saturated carbocycles. The van der Waals surface area contributed by atoms with Gasteiger partial charge in [0.05, 0.1) is 53.3 Å². The summed E-state index contributed by atoms with van der Waals surface area (Å²) in [5.41, 5.74) is -1.85. The summed E-state index contributed by atoms with van der Waals surface area (Å²) in [4.78, 5) is 53.8. The molecule has 1 aliphatic heterocycles. The molecule has 1 fully saturated rings. The van der Waals surface area contributed by atoms with Gasteiger partial charge in [0.15, 0.2) is 0 Å². The van der Waals surface area contributed by atoms with Crippen molar-refractivity contribution < 1.29 is 49.9 Å². The second-order valence-electron chi connectivity index (χ2n) is 13.4. The maximum Gasteiger partial charge on any atom is 0.417 e. The lowest BCUT2D eigenvalue weighted by atomic mass is 9.89. The maximum atomic E-state index is 14.9. The van der Waals surface area contributed by atoms with Gasteiger partial charge in [-0.3, -0.25) is 19.2 Å². The van der Waals surface area contributed by atoms with Crippen LogP contribution in [0.1, 0.15) is 82.7 Å². The molecule has 0 radical (unpaired) electrons. The van der Waals surface area contributed by atoms with E-state index in [0.29, 0.717) is 40.9 Å². The summed E-state index contributed by atoms with van der Waals surface area (Å²) in [7, 11) is 0. The summed E-state index contributed by atoms with van der Waals surface area (Å²) in [5.74, 6) is -4.11. The number of benzene rings is 3. The average Bonchev–Trinajstić information content (AvgIpc) is 3.16. The largest absolute Gasteiger partial charge is 0.466 e. The average molecular weight is 788 g/mol. The molecule has 0 spiro atoms. The van der Waals surface area contributed by atoms with Crippen molar-refractivity contribution in [1.29, 1.82) is 5.26 Å². The zero-order chi connectivity index (χ0) is 40.6. The Hall–Kier alpha value is -5.79. The monoisotopic (exact) mass is 787 g/mol. The van der Waals surface area contributed by atoms with Crippen molar-refractivity contribution >= 4 is 28.6 Å². The lowest BCUT2D eigenvalue weighted by Gasteiger charge is -2.35. The molecule has 3 aromatic carbocycles. The molecule has 2 amide bonds. The molecule has 56 heavy (non-hydrogen) atoms. The molecule has 0 aliphatic carbocycles. The zero-order valence-electron chi connectivity index (χ0n) is 29.8. The first-order chi connectivity index (χ1) is 26.5. The lowest BCUT2D eigenvalue weighted by molar-refractivity contribution is -0.150. The number of H-pyrrole nitrogens is 1. The highest BCUT2D eigenvalue weighted by molar-refractivity contribution is 5.95. The lowest BCUT2D eigenvalue weighted by Crippen LogP contribution is -2.50. The molecular weight excluding hydrogens is 751 g/mol. The Morgan fingerprint density at radius 3 is 2.27 bits per heavy atom. The SMILES string of the molecule is N#Cc1ccc(C(CC(=O)OCCCCCC(=O)N2CCN(C(=O)c3cc(Cc4n[nH]c(=O)c5ccccc45)ccc3F)CC2)CC(F)(F)F)cc1C(F)(F)F. The number of nitrogens with zero attached hydrogens (tertiary/aromatic N) is 4. The van der Waals surface area contributed by atoms with E-state index in [1.165, 1.54) is 23.1 Å². The minimum atomic E-state index is -4.99. The van der Waals surface area contributed by atoms with Crippen molar-refractivity contribution in [3.05, 3.63) is 110 Å². The second kappa shape index (κ2) is 17.8. The highest BCUT2D eigenvalue weighted by Gasteiger charge is 2.38. The molecule has 5 rings (SSSR count). The summed E-state index contributed by atoms with van der Waals surface area (Å²) >= 11 is 0. The van der Waals surface area contributed by atoms with Gasteiger partial charge in [0.2, 0.25) is 5.91 Å². The van der Waals surface area contributed by atoms with Crippen LogP contribution in [-0.2, 0) is 26.9 Å². The van der Waals surface area contributed by atoms with E-state index < -0.39 is 65.5 Å². The van der Waals surface area contributed by atoms with Crippen LogP contribution in [0.5, 0.6) is 0 Å². The van der Waals surface area contributed by atoms with Gasteiger partial charge in [-0.05, 0) is 60.7 Å². The van der Waals surface area contributed by atoms with Gasteiger partial charge in [-0.2, -0.15) is 36.7 Å². The Labute approximate surface area is 315 Å². The predicted octanol–water partition coefficient (Wildman–Crippen LogP) is 7.06. The van der Waals surface area contributed by atoms with Crippen LogP contribution < -0.4 is 5.56 Å². The normalized spacial score (nSPS) is 14.0. The van der Waals surface area contributed by atoms with Gasteiger partial charge in [-0.15, -0.1) is 0 Å². The Bertz CT molecular complexity index is 2170. The van der Waals surface area contributed by atoms with Gasteiger partial charge >= 0.3 is 18.3 Å². The number of nitrogens with one attached hydrogen (secondary N) is 1. The van der Waals surface area contributed by atoms with E-state index >= 15 is 0 Å². The second-order valence-corrected chi connectivity index (χ2v) is 13.4. The Balaban J connectivity index is 1.05. The number of carbonyl (C=O) groups excluding carboxylic acids is 3. The summed E-state index contributed by atoms with van der Waals surface area (Å²) in [6.45, 7) is 0.611. The van der Waals surface area contributed by atoms with Gasteiger partial charge in [0.25, 0.3) is 11.5 Å². The van der Waals surface area contributed by atoms with Crippen LogP contribution in [0.3, 0.4) is 0 Å². The van der Waals surface area contributed by atoms with Crippen LogP contribution in [-0.4, -0.2) is 76.7 Å². The quantitative estimate of drug-likeness (QED) is 0.0871. The van der Waals surface area contributed by atoms with Crippen molar-refractivity contribution in [2.75, 3.05) is 32.8 Å². The van der Waals surface area contributed by atoms with E-state index in [2.05, 4.69) is 10.2 Å². The number of carbonyl (C=O) groups is 3. The number of unbranched alkanes of at least 4 members (excludes halogenated alkanes) is 2. The molecule has 1 unspecified atom stereocenters. The van der Waals surface area contributed by atoms with Gasteiger partial charge in [-0.25, -0.2) is 9.49 Å². The van der Waals surface area contributed by atoms with Gasteiger partial charge < -0.3 is 14.5 Å². The molecule has 2 heterocycles. The number of alkyl halides is 6. The number of esters is 1. The van der Waals surface area contributed by atoms with Gasteiger partial charge in [0, 0.05) is 50.3 Å². The number of aromatic nitrogens is 2. The summed E-state index contributed by atoms with van der Waals surface area (Å²) in [6, 6.07) is 14.7. The van der Waals surface area contributed by atoms with Crippen molar-refractivity contribution in [2.24, 2.45) is 0 Å². The molecular formula is C39H36F7N5O5. The van der Waals surface area contributed by atoms with E-state index in [-0.39, 0.29) is 69.1 Å². The first-order valence-corrected chi connectivity index (χ1v) is 17.7. The van der Waals surface area contributed by atoms with E-state index in [9.17, 15) is 49.9 Å². The molecule has 1 N–H and O–H groups in total. The Kier molecular flexibility index (Phi) is 13.1. The van der Waals surface area contributed by atoms with Gasteiger partial charge in [0.1, 0.15) is 5.82 Å². The van der Waals surface area contributed by atoms with E-state index in [1.54, 1.807) is 35.2 Å². The Morgan fingerprint density at radius 2 is 1.59 bits per heavy atom. The smallest absolute Gasteiger partial charge is 0.417 e. The number of piperazine rings is 1. The van der Waals surface area contributed by atoms with Crippen LogP contribution in [0.25, 0.3) is 10.8 Å². The number of nitriles is 1. The van der Waals surface area contributed by atoms with Crippen LogP contribution in [0.2, 0.25) is 0 Å². The molecule has 4 aromatic rings. The fraction of sp³-hybridized carbons (Fsp3) is 0.385. The van der Waals surface area contributed by atoms with E-state index in [0.717, 1.165) is 12.1 Å². The minimum absolute atomic E-state index is 0.127. The topological polar surface area (TPSA) is 136 Å². The number of hydrogen-bond donors (Lipinski definition) is 1. The molecule has 17 heteroatoms. The molecule has 0 bridgehead atoms. The maximum absolute atomic E-state index is 14.9. The first kappa shape index (κ1) is 41.4.